The van der Waals surface area contributed by atoms with Crippen LogP contribution in [-0.2, 0) is 0 Å². The molecule has 2 N–H and O–H groups in total. The highest BCUT2D eigenvalue weighted by atomic mass is 35.5. The predicted octanol–water partition coefficient (Wildman–Crippen LogP) is 4.65. The van der Waals surface area contributed by atoms with Crippen LogP contribution in [0.1, 0.15) is 50.1 Å². The van der Waals surface area contributed by atoms with Crippen molar-refractivity contribution < 1.29 is 0 Å². The smallest absolute Gasteiger partial charge is 0.0485 e. The summed E-state index contributed by atoms with van der Waals surface area (Å²) in [6, 6.07) is 6.38. The maximum atomic E-state index is 6.34. The van der Waals surface area contributed by atoms with Crippen molar-refractivity contribution in [2.75, 3.05) is 13.6 Å². The number of benzene rings is 1. The maximum Gasteiger partial charge on any atom is 0.0485 e. The van der Waals surface area contributed by atoms with E-state index in [0.29, 0.717) is 12.6 Å². The quantitative estimate of drug-likeness (QED) is 0.820. The summed E-state index contributed by atoms with van der Waals surface area (Å²) in [7, 11) is 2.17. The molecule has 1 aliphatic rings. The van der Waals surface area contributed by atoms with E-state index >= 15 is 0 Å². The molecule has 0 spiro atoms. The Bertz CT molecular complexity index is 428. The highest BCUT2D eigenvalue weighted by Crippen LogP contribution is 2.32. The molecule has 1 atom stereocenters. The molecule has 4 heteroatoms. The minimum absolute atomic E-state index is 0.143. The van der Waals surface area contributed by atoms with Gasteiger partial charge in [-0.1, -0.05) is 48.9 Å². The lowest BCUT2D eigenvalue weighted by molar-refractivity contribution is 0.161. The molecule has 112 valence electrons. The van der Waals surface area contributed by atoms with Crippen LogP contribution in [-0.4, -0.2) is 24.5 Å². The van der Waals surface area contributed by atoms with Crippen LogP contribution in [0.25, 0.3) is 0 Å². The van der Waals surface area contributed by atoms with Crippen LogP contribution in [0.5, 0.6) is 0 Å². The summed E-state index contributed by atoms with van der Waals surface area (Å²) in [4.78, 5) is 2.41. The van der Waals surface area contributed by atoms with Crippen molar-refractivity contribution in [3.8, 4) is 0 Å². The Kier molecular flexibility index (Phi) is 6.16. The van der Waals surface area contributed by atoms with Gasteiger partial charge < -0.3 is 5.73 Å². The Morgan fingerprint density at radius 1 is 1.20 bits per heavy atom. The van der Waals surface area contributed by atoms with Crippen molar-refractivity contribution in [2.24, 2.45) is 5.73 Å². The van der Waals surface area contributed by atoms with Gasteiger partial charge in [0.05, 0.1) is 0 Å². The first-order valence-electron chi connectivity index (χ1n) is 7.50. The number of hydrogen-bond donors (Lipinski definition) is 1. The van der Waals surface area contributed by atoms with E-state index in [1.165, 1.54) is 38.5 Å². The molecule has 0 amide bonds. The van der Waals surface area contributed by atoms with E-state index in [1.807, 2.05) is 18.2 Å². The van der Waals surface area contributed by atoms with Crippen LogP contribution in [0.15, 0.2) is 18.2 Å². The summed E-state index contributed by atoms with van der Waals surface area (Å²) in [6.07, 6.45) is 7.85. The molecule has 0 aromatic heterocycles. The summed E-state index contributed by atoms with van der Waals surface area (Å²) in [5.41, 5.74) is 7.08. The summed E-state index contributed by atoms with van der Waals surface area (Å²) in [6.45, 7) is 0.563. The van der Waals surface area contributed by atoms with Crippen molar-refractivity contribution in [1.82, 2.24) is 4.90 Å². The molecule has 1 unspecified atom stereocenters. The van der Waals surface area contributed by atoms with E-state index in [2.05, 4.69) is 11.9 Å². The molecule has 2 nitrogen and oxygen atoms in total. The maximum absolute atomic E-state index is 6.34. The number of nitrogens with zero attached hydrogens (tertiary/aromatic N) is 1. The Labute approximate surface area is 132 Å². The summed E-state index contributed by atoms with van der Waals surface area (Å²) in [5.74, 6) is 0. The zero-order chi connectivity index (χ0) is 14.5. The zero-order valence-electron chi connectivity index (χ0n) is 12.1. The van der Waals surface area contributed by atoms with Crippen LogP contribution in [0.2, 0.25) is 10.0 Å². The molecule has 0 radical (unpaired) electrons. The lowest BCUT2D eigenvalue weighted by Crippen LogP contribution is -2.38. The van der Waals surface area contributed by atoms with Gasteiger partial charge in [-0.2, -0.15) is 0 Å². The van der Waals surface area contributed by atoms with Crippen molar-refractivity contribution in [2.45, 2.75) is 50.6 Å². The largest absolute Gasteiger partial charge is 0.329 e. The Morgan fingerprint density at radius 2 is 1.85 bits per heavy atom. The average Bonchev–Trinajstić information content (AvgIpc) is 2.72. The van der Waals surface area contributed by atoms with E-state index in [-0.39, 0.29) is 6.04 Å². The van der Waals surface area contributed by atoms with Crippen LogP contribution in [0.3, 0.4) is 0 Å². The fraction of sp³-hybridized carbons (Fsp3) is 0.625. The Balaban J connectivity index is 2.19. The molecule has 1 aliphatic carbocycles. The van der Waals surface area contributed by atoms with E-state index < -0.39 is 0 Å². The second-order valence-electron chi connectivity index (χ2n) is 5.73. The van der Waals surface area contributed by atoms with Crippen LogP contribution in [0.4, 0.5) is 0 Å². The van der Waals surface area contributed by atoms with Crippen LogP contribution >= 0.6 is 23.2 Å². The highest BCUT2D eigenvalue weighted by Gasteiger charge is 2.25. The SMILES string of the molecule is CN(C1CCCCCC1)C(CN)c1cc(Cl)ccc1Cl. The predicted molar refractivity (Wildman–Crippen MR) is 87.5 cm³/mol. The molecule has 0 bridgehead atoms. The van der Waals surface area contributed by atoms with Gasteiger partial charge >= 0.3 is 0 Å². The first-order chi connectivity index (χ1) is 9.63. The molecule has 0 heterocycles. The number of hydrogen-bond acceptors (Lipinski definition) is 2. The number of nitrogens with two attached hydrogens (primary N) is 1. The average molecular weight is 315 g/mol. The lowest BCUT2D eigenvalue weighted by Gasteiger charge is -2.35. The van der Waals surface area contributed by atoms with Crippen molar-refractivity contribution >= 4 is 23.2 Å². The fourth-order valence-corrected chi connectivity index (χ4v) is 3.63. The molecule has 20 heavy (non-hydrogen) atoms. The van der Waals surface area contributed by atoms with Crippen LogP contribution in [0, 0.1) is 0 Å². The fourth-order valence-electron chi connectivity index (χ4n) is 3.20. The van der Waals surface area contributed by atoms with Gasteiger partial charge in [-0.25, -0.2) is 0 Å². The molecule has 1 fully saturated rings. The molecule has 1 aromatic carbocycles. The Morgan fingerprint density at radius 3 is 2.45 bits per heavy atom. The van der Waals surface area contributed by atoms with Gasteiger partial charge in [0.2, 0.25) is 0 Å². The van der Waals surface area contributed by atoms with Gasteiger partial charge in [-0.15, -0.1) is 0 Å². The summed E-state index contributed by atoms with van der Waals surface area (Å²) < 4.78 is 0. The molecular formula is C16H24Cl2N2. The Hall–Kier alpha value is -0.280. The molecule has 1 saturated carbocycles. The standard InChI is InChI=1S/C16H24Cl2N2/c1-20(13-6-4-2-3-5-7-13)16(11-19)14-10-12(17)8-9-15(14)18/h8-10,13,16H,2-7,11,19H2,1H3. The molecule has 0 saturated heterocycles. The molecule has 2 rings (SSSR count). The van der Waals surface area contributed by atoms with Gasteiger partial charge in [0.15, 0.2) is 0 Å². The number of likely N-dealkylation sites (N-methyl/N-ethyl adjacent to an activating group) is 1. The van der Waals surface area contributed by atoms with Gasteiger partial charge in [-0.05, 0) is 43.7 Å². The number of halogens is 2. The molecule has 1 aromatic rings. The van der Waals surface area contributed by atoms with Gasteiger partial charge in [0.1, 0.15) is 0 Å². The van der Waals surface area contributed by atoms with Gasteiger partial charge in [-0.3, -0.25) is 4.90 Å². The first-order valence-corrected chi connectivity index (χ1v) is 8.26. The van der Waals surface area contributed by atoms with Crippen molar-refractivity contribution in [3.63, 3.8) is 0 Å². The number of rotatable bonds is 4. The highest BCUT2D eigenvalue weighted by molar-refractivity contribution is 6.33. The third kappa shape index (κ3) is 3.88. The van der Waals surface area contributed by atoms with E-state index in [4.69, 9.17) is 28.9 Å². The first kappa shape index (κ1) is 16.1. The second kappa shape index (κ2) is 7.65. The minimum atomic E-state index is 0.143. The topological polar surface area (TPSA) is 29.3 Å². The zero-order valence-corrected chi connectivity index (χ0v) is 13.6. The van der Waals surface area contributed by atoms with Crippen molar-refractivity contribution in [1.29, 1.82) is 0 Å². The molecular weight excluding hydrogens is 291 g/mol. The monoisotopic (exact) mass is 314 g/mol. The van der Waals surface area contributed by atoms with Gasteiger partial charge in [0, 0.05) is 28.7 Å². The van der Waals surface area contributed by atoms with E-state index in [9.17, 15) is 0 Å². The van der Waals surface area contributed by atoms with Crippen LogP contribution < -0.4 is 5.73 Å². The normalized spacial score (nSPS) is 19.1. The summed E-state index contributed by atoms with van der Waals surface area (Å²) >= 11 is 12.5. The van der Waals surface area contributed by atoms with E-state index in [0.717, 1.165) is 15.6 Å². The molecule has 0 aliphatic heterocycles. The lowest BCUT2D eigenvalue weighted by atomic mass is 10.0. The van der Waals surface area contributed by atoms with Gasteiger partial charge in [0.25, 0.3) is 0 Å². The minimum Gasteiger partial charge on any atom is -0.329 e. The third-order valence-electron chi connectivity index (χ3n) is 4.43. The second-order valence-corrected chi connectivity index (χ2v) is 6.57. The summed E-state index contributed by atoms with van der Waals surface area (Å²) in [5, 5.41) is 1.47. The van der Waals surface area contributed by atoms with E-state index in [1.54, 1.807) is 0 Å². The van der Waals surface area contributed by atoms with Crippen molar-refractivity contribution in [3.05, 3.63) is 33.8 Å². The third-order valence-corrected chi connectivity index (χ3v) is 5.01.